The lowest BCUT2D eigenvalue weighted by Crippen LogP contribution is -2.22. The number of carbonyl (C=O) groups excluding carboxylic acids is 2. The van der Waals surface area contributed by atoms with Crippen LogP contribution in [-0.4, -0.2) is 11.6 Å². The van der Waals surface area contributed by atoms with Crippen LogP contribution < -0.4 is 0 Å². The molecule has 2 aromatic carbocycles. The van der Waals surface area contributed by atoms with Gasteiger partial charge in [-0.05, 0) is 12.1 Å². The first-order chi connectivity index (χ1) is 9.80. The smallest absolute Gasteiger partial charge is 0.289 e. The van der Waals surface area contributed by atoms with Crippen molar-refractivity contribution >= 4 is 23.2 Å². The standard InChI is InChI=1S/C15H6ClF3O2/c16-12-6-10-9(5-11(12)15(17,18)19)13(20)7-3-1-2-4-8(7)14(10)21/h1-6H. The first-order valence-electron chi connectivity index (χ1n) is 5.90. The summed E-state index contributed by atoms with van der Waals surface area (Å²) in [5.41, 5.74) is -1.22. The highest BCUT2D eigenvalue weighted by Crippen LogP contribution is 2.38. The largest absolute Gasteiger partial charge is 0.417 e. The average Bonchev–Trinajstić information content (AvgIpc) is 2.43. The lowest BCUT2D eigenvalue weighted by atomic mass is 9.83. The Kier molecular flexibility index (Phi) is 2.92. The van der Waals surface area contributed by atoms with Gasteiger partial charge in [-0.1, -0.05) is 35.9 Å². The number of hydrogen-bond donors (Lipinski definition) is 0. The highest BCUT2D eigenvalue weighted by atomic mass is 35.5. The fourth-order valence-electron chi connectivity index (χ4n) is 2.34. The van der Waals surface area contributed by atoms with E-state index in [-0.39, 0.29) is 22.3 Å². The minimum atomic E-state index is -4.69. The summed E-state index contributed by atoms with van der Waals surface area (Å²) in [6, 6.07) is 7.57. The van der Waals surface area contributed by atoms with Gasteiger partial charge in [-0.3, -0.25) is 9.59 Å². The van der Waals surface area contributed by atoms with E-state index in [1.807, 2.05) is 0 Å². The van der Waals surface area contributed by atoms with Gasteiger partial charge in [-0.2, -0.15) is 13.2 Å². The van der Waals surface area contributed by atoms with Crippen molar-refractivity contribution in [3.05, 3.63) is 69.2 Å². The Balaban J connectivity index is 2.29. The Morgan fingerprint density at radius 3 is 1.76 bits per heavy atom. The van der Waals surface area contributed by atoms with Crippen LogP contribution in [0.2, 0.25) is 5.02 Å². The molecule has 21 heavy (non-hydrogen) atoms. The van der Waals surface area contributed by atoms with Crippen LogP contribution in [0.4, 0.5) is 13.2 Å². The number of benzene rings is 2. The Bertz CT molecular complexity index is 794. The van der Waals surface area contributed by atoms with Crippen molar-refractivity contribution < 1.29 is 22.8 Å². The normalized spacial score (nSPS) is 13.9. The zero-order valence-electron chi connectivity index (χ0n) is 10.3. The monoisotopic (exact) mass is 310 g/mol. The third-order valence-corrected chi connectivity index (χ3v) is 3.63. The predicted molar refractivity (Wildman–Crippen MR) is 69.8 cm³/mol. The van der Waals surface area contributed by atoms with Crippen molar-refractivity contribution in [3.63, 3.8) is 0 Å². The second-order valence-corrected chi connectivity index (χ2v) is 4.99. The molecular weight excluding hydrogens is 305 g/mol. The molecule has 6 heteroatoms. The average molecular weight is 311 g/mol. The quantitative estimate of drug-likeness (QED) is 0.625. The van der Waals surface area contributed by atoms with E-state index in [1.165, 1.54) is 12.1 Å². The van der Waals surface area contributed by atoms with Gasteiger partial charge in [-0.15, -0.1) is 0 Å². The van der Waals surface area contributed by atoms with Crippen molar-refractivity contribution in [2.24, 2.45) is 0 Å². The summed E-state index contributed by atoms with van der Waals surface area (Å²) < 4.78 is 38.6. The molecule has 0 spiro atoms. The van der Waals surface area contributed by atoms with Crippen molar-refractivity contribution in [1.29, 1.82) is 0 Å². The number of halogens is 4. The van der Waals surface area contributed by atoms with E-state index in [2.05, 4.69) is 0 Å². The molecule has 2 aromatic rings. The molecule has 0 heterocycles. The maximum Gasteiger partial charge on any atom is 0.417 e. The summed E-state index contributed by atoms with van der Waals surface area (Å²) >= 11 is 5.60. The Morgan fingerprint density at radius 2 is 1.29 bits per heavy atom. The molecule has 0 saturated carbocycles. The molecule has 0 bridgehead atoms. The fraction of sp³-hybridized carbons (Fsp3) is 0.0667. The molecule has 0 atom stereocenters. The van der Waals surface area contributed by atoms with Crippen LogP contribution >= 0.6 is 11.6 Å². The van der Waals surface area contributed by atoms with Gasteiger partial charge < -0.3 is 0 Å². The molecule has 0 radical (unpaired) electrons. The third kappa shape index (κ3) is 2.05. The lowest BCUT2D eigenvalue weighted by molar-refractivity contribution is -0.137. The highest BCUT2D eigenvalue weighted by molar-refractivity contribution is 6.34. The number of alkyl halides is 3. The first kappa shape index (κ1) is 13.8. The fourth-order valence-corrected chi connectivity index (χ4v) is 2.61. The molecule has 3 rings (SSSR count). The van der Waals surface area contributed by atoms with E-state index in [0.29, 0.717) is 6.07 Å². The minimum absolute atomic E-state index is 0.100. The molecule has 1 aliphatic rings. The van der Waals surface area contributed by atoms with Crippen LogP contribution in [0.3, 0.4) is 0 Å². The molecule has 1 aliphatic carbocycles. The van der Waals surface area contributed by atoms with Crippen molar-refractivity contribution in [3.8, 4) is 0 Å². The van der Waals surface area contributed by atoms with E-state index in [4.69, 9.17) is 11.6 Å². The zero-order chi connectivity index (χ0) is 15.4. The van der Waals surface area contributed by atoms with Gasteiger partial charge >= 0.3 is 6.18 Å². The van der Waals surface area contributed by atoms with Gasteiger partial charge in [0.1, 0.15) is 0 Å². The lowest BCUT2D eigenvalue weighted by Gasteiger charge is -2.19. The number of rotatable bonds is 0. The maximum atomic E-state index is 12.9. The molecule has 0 N–H and O–H groups in total. The van der Waals surface area contributed by atoms with Gasteiger partial charge in [-0.25, -0.2) is 0 Å². The maximum absolute atomic E-state index is 12.9. The van der Waals surface area contributed by atoms with Gasteiger partial charge in [0, 0.05) is 22.3 Å². The van der Waals surface area contributed by atoms with Gasteiger partial charge in [0.2, 0.25) is 0 Å². The molecule has 106 valence electrons. The van der Waals surface area contributed by atoms with Crippen LogP contribution in [0.5, 0.6) is 0 Å². The van der Waals surface area contributed by atoms with E-state index < -0.39 is 28.3 Å². The topological polar surface area (TPSA) is 34.1 Å². The van der Waals surface area contributed by atoms with Crippen LogP contribution in [0.25, 0.3) is 0 Å². The summed E-state index contributed by atoms with van der Waals surface area (Å²) in [5, 5.41) is -0.596. The Labute approximate surface area is 122 Å². The summed E-state index contributed by atoms with van der Waals surface area (Å²) in [5.74, 6) is -1.11. The van der Waals surface area contributed by atoms with Gasteiger partial charge in [0.25, 0.3) is 0 Å². The van der Waals surface area contributed by atoms with E-state index >= 15 is 0 Å². The Morgan fingerprint density at radius 1 is 0.810 bits per heavy atom. The van der Waals surface area contributed by atoms with Crippen LogP contribution in [-0.2, 0) is 6.18 Å². The number of fused-ring (bicyclic) bond motifs is 2. The van der Waals surface area contributed by atoms with Crippen LogP contribution in [0.15, 0.2) is 36.4 Å². The summed E-state index contributed by atoms with van der Waals surface area (Å²) in [7, 11) is 0. The molecular formula is C15H6ClF3O2. The van der Waals surface area contributed by atoms with Crippen molar-refractivity contribution in [2.45, 2.75) is 6.18 Å². The third-order valence-electron chi connectivity index (χ3n) is 3.32. The van der Waals surface area contributed by atoms with E-state index in [1.54, 1.807) is 12.1 Å². The highest BCUT2D eigenvalue weighted by Gasteiger charge is 2.37. The zero-order valence-corrected chi connectivity index (χ0v) is 11.0. The molecule has 0 saturated heterocycles. The number of ketones is 2. The Hall–Kier alpha value is -2.14. The SMILES string of the molecule is O=C1c2ccccc2C(=O)c2cc(C(F)(F)F)c(Cl)cc21. The van der Waals surface area contributed by atoms with E-state index in [0.717, 1.165) is 6.07 Å². The van der Waals surface area contributed by atoms with E-state index in [9.17, 15) is 22.8 Å². The molecule has 0 unspecified atom stereocenters. The van der Waals surface area contributed by atoms with Crippen molar-refractivity contribution in [1.82, 2.24) is 0 Å². The van der Waals surface area contributed by atoms with Gasteiger partial charge in [0.05, 0.1) is 10.6 Å². The first-order valence-corrected chi connectivity index (χ1v) is 6.27. The second kappa shape index (κ2) is 4.43. The molecule has 0 amide bonds. The van der Waals surface area contributed by atoms with Crippen LogP contribution in [0.1, 0.15) is 37.4 Å². The predicted octanol–water partition coefficient (Wildman–Crippen LogP) is 4.13. The summed E-state index contributed by atoms with van der Waals surface area (Å²) in [4.78, 5) is 24.6. The van der Waals surface area contributed by atoms with Crippen LogP contribution in [0, 0.1) is 0 Å². The second-order valence-electron chi connectivity index (χ2n) is 4.58. The van der Waals surface area contributed by atoms with Gasteiger partial charge in [0.15, 0.2) is 11.6 Å². The number of carbonyl (C=O) groups is 2. The molecule has 2 nitrogen and oxygen atoms in total. The molecule has 0 aliphatic heterocycles. The summed E-state index contributed by atoms with van der Waals surface area (Å²) in [6.45, 7) is 0. The molecule has 0 aromatic heterocycles. The number of hydrogen-bond acceptors (Lipinski definition) is 2. The van der Waals surface area contributed by atoms with Crippen molar-refractivity contribution in [2.75, 3.05) is 0 Å². The summed E-state index contributed by atoms with van der Waals surface area (Å²) in [6.07, 6.45) is -4.69. The molecule has 0 fully saturated rings. The minimum Gasteiger partial charge on any atom is -0.289 e.